The highest BCUT2D eigenvalue weighted by Gasteiger charge is 2.30. The Labute approximate surface area is 221 Å². The van der Waals surface area contributed by atoms with E-state index in [4.69, 9.17) is 15.2 Å². The number of esters is 2. The topological polar surface area (TPSA) is 137 Å². The first-order valence-corrected chi connectivity index (χ1v) is 12.2. The molecule has 3 aromatic carbocycles. The van der Waals surface area contributed by atoms with Crippen molar-refractivity contribution in [2.45, 2.75) is 38.1 Å². The Hall–Kier alpha value is -4.50. The molecule has 3 rings (SSSR count). The van der Waals surface area contributed by atoms with Gasteiger partial charge in [-0.15, -0.1) is 0 Å². The van der Waals surface area contributed by atoms with Crippen LogP contribution in [-0.2, 0) is 48.3 Å². The van der Waals surface area contributed by atoms with Crippen molar-refractivity contribution in [3.63, 3.8) is 0 Å². The van der Waals surface area contributed by atoms with E-state index in [1.54, 1.807) is 12.1 Å². The van der Waals surface area contributed by atoms with Crippen molar-refractivity contribution in [1.29, 1.82) is 0 Å². The van der Waals surface area contributed by atoms with Gasteiger partial charge in [0.2, 0.25) is 11.8 Å². The Morgan fingerprint density at radius 2 is 1.16 bits per heavy atom. The van der Waals surface area contributed by atoms with Crippen LogP contribution in [0.25, 0.3) is 0 Å². The van der Waals surface area contributed by atoms with Gasteiger partial charge < -0.3 is 25.8 Å². The lowest BCUT2D eigenvalue weighted by Crippen LogP contribution is -2.54. The second-order valence-corrected chi connectivity index (χ2v) is 8.52. The van der Waals surface area contributed by atoms with E-state index in [-0.39, 0.29) is 26.2 Å². The number of ether oxygens (including phenoxy) is 2. The van der Waals surface area contributed by atoms with Crippen LogP contribution in [0.2, 0.25) is 0 Å². The summed E-state index contributed by atoms with van der Waals surface area (Å²) >= 11 is 0. The predicted octanol–water partition coefficient (Wildman–Crippen LogP) is 2.03. The molecular formula is C29H31N3O6. The van der Waals surface area contributed by atoms with Gasteiger partial charge in [-0.1, -0.05) is 91.0 Å². The first kappa shape index (κ1) is 28.1. The summed E-state index contributed by atoms with van der Waals surface area (Å²) in [4.78, 5) is 50.7. The summed E-state index contributed by atoms with van der Waals surface area (Å²) in [5.74, 6) is -2.72. The largest absolute Gasteiger partial charge is 0.461 e. The van der Waals surface area contributed by atoms with Crippen LogP contribution in [0.15, 0.2) is 91.0 Å². The summed E-state index contributed by atoms with van der Waals surface area (Å²) in [5.41, 5.74) is 7.76. The van der Waals surface area contributed by atoms with Crippen molar-refractivity contribution in [1.82, 2.24) is 10.6 Å². The molecule has 3 aromatic rings. The van der Waals surface area contributed by atoms with Gasteiger partial charge in [0, 0.05) is 6.42 Å². The van der Waals surface area contributed by atoms with Crippen LogP contribution in [-0.4, -0.2) is 42.4 Å². The van der Waals surface area contributed by atoms with E-state index >= 15 is 0 Å². The number of hydrogen-bond acceptors (Lipinski definition) is 7. The molecule has 0 bridgehead atoms. The molecule has 0 heterocycles. The standard InChI is InChI=1S/C29H31N3O6/c30-18-26(33)31-24(17-27(34)37-19-22-12-6-2-7-13-22)28(35)32-25(16-21-10-4-1-5-11-21)29(36)38-20-23-14-8-3-9-15-23/h1-15,24-25H,16-20,30H2,(H,31,33)(H,32,35)/t24-,25+/m1/s1. The van der Waals surface area contributed by atoms with Crippen molar-refractivity contribution in [2.24, 2.45) is 5.73 Å². The fourth-order valence-corrected chi connectivity index (χ4v) is 3.57. The lowest BCUT2D eigenvalue weighted by atomic mass is 10.0. The van der Waals surface area contributed by atoms with Crippen LogP contribution in [0, 0.1) is 0 Å². The van der Waals surface area contributed by atoms with Gasteiger partial charge in [-0.25, -0.2) is 4.79 Å². The molecule has 0 aliphatic carbocycles. The zero-order valence-electron chi connectivity index (χ0n) is 20.9. The Morgan fingerprint density at radius 3 is 1.68 bits per heavy atom. The highest BCUT2D eigenvalue weighted by molar-refractivity contribution is 5.93. The van der Waals surface area contributed by atoms with E-state index in [0.717, 1.165) is 16.7 Å². The van der Waals surface area contributed by atoms with Gasteiger partial charge in [0.15, 0.2) is 0 Å². The maximum Gasteiger partial charge on any atom is 0.329 e. The van der Waals surface area contributed by atoms with Gasteiger partial charge in [-0.05, 0) is 16.7 Å². The minimum absolute atomic E-state index is 0.0152. The van der Waals surface area contributed by atoms with Crippen LogP contribution in [0.4, 0.5) is 0 Å². The van der Waals surface area contributed by atoms with Crippen LogP contribution in [0.3, 0.4) is 0 Å². The summed E-state index contributed by atoms with van der Waals surface area (Å²) < 4.78 is 10.7. The maximum absolute atomic E-state index is 13.2. The zero-order valence-corrected chi connectivity index (χ0v) is 20.9. The molecule has 0 aliphatic heterocycles. The molecule has 0 aromatic heterocycles. The molecule has 9 heteroatoms. The number of carbonyl (C=O) groups is 4. The fraction of sp³-hybridized carbons (Fsp3) is 0.241. The highest BCUT2D eigenvalue weighted by atomic mass is 16.5. The van der Waals surface area contributed by atoms with Crippen LogP contribution < -0.4 is 16.4 Å². The summed E-state index contributed by atoms with van der Waals surface area (Å²) in [6.07, 6.45) is -0.294. The molecular weight excluding hydrogens is 486 g/mol. The smallest absolute Gasteiger partial charge is 0.329 e. The normalized spacial score (nSPS) is 12.0. The van der Waals surface area contributed by atoms with Gasteiger partial charge in [-0.2, -0.15) is 0 Å². The fourth-order valence-electron chi connectivity index (χ4n) is 3.57. The zero-order chi connectivity index (χ0) is 27.2. The molecule has 4 N–H and O–H groups in total. The lowest BCUT2D eigenvalue weighted by Gasteiger charge is -2.22. The van der Waals surface area contributed by atoms with Crippen molar-refractivity contribution < 1.29 is 28.7 Å². The summed E-state index contributed by atoms with van der Waals surface area (Å²) in [5, 5.41) is 5.07. The van der Waals surface area contributed by atoms with Gasteiger partial charge in [-0.3, -0.25) is 14.4 Å². The van der Waals surface area contributed by atoms with Crippen LogP contribution in [0.5, 0.6) is 0 Å². The van der Waals surface area contributed by atoms with E-state index in [2.05, 4.69) is 10.6 Å². The van der Waals surface area contributed by atoms with Crippen molar-refractivity contribution in [3.8, 4) is 0 Å². The van der Waals surface area contributed by atoms with Gasteiger partial charge >= 0.3 is 11.9 Å². The second-order valence-electron chi connectivity index (χ2n) is 8.52. The lowest BCUT2D eigenvalue weighted by molar-refractivity contribution is -0.150. The van der Waals surface area contributed by atoms with Crippen molar-refractivity contribution >= 4 is 23.8 Å². The summed E-state index contributed by atoms with van der Waals surface area (Å²) in [6, 6.07) is 24.9. The molecule has 0 radical (unpaired) electrons. The van der Waals surface area contributed by atoms with Crippen molar-refractivity contribution in [2.75, 3.05) is 6.54 Å². The van der Waals surface area contributed by atoms with Crippen molar-refractivity contribution in [3.05, 3.63) is 108 Å². The number of rotatable bonds is 13. The third kappa shape index (κ3) is 9.51. The number of hydrogen-bond donors (Lipinski definition) is 3. The molecule has 2 amide bonds. The van der Waals surface area contributed by atoms with Gasteiger partial charge in [0.25, 0.3) is 0 Å². The van der Waals surface area contributed by atoms with E-state index < -0.39 is 42.3 Å². The quantitative estimate of drug-likeness (QED) is 0.295. The minimum atomic E-state index is -1.30. The molecule has 0 aliphatic rings. The van der Waals surface area contributed by atoms with E-state index in [0.29, 0.717) is 0 Å². The maximum atomic E-state index is 13.2. The third-order valence-corrected chi connectivity index (χ3v) is 5.56. The average Bonchev–Trinajstić information content (AvgIpc) is 2.95. The summed E-state index contributed by atoms with van der Waals surface area (Å²) in [7, 11) is 0. The highest BCUT2D eigenvalue weighted by Crippen LogP contribution is 2.09. The first-order valence-electron chi connectivity index (χ1n) is 12.2. The van der Waals surface area contributed by atoms with E-state index in [1.807, 2.05) is 78.9 Å². The number of amides is 2. The Bertz CT molecular complexity index is 1190. The van der Waals surface area contributed by atoms with Crippen LogP contribution >= 0.6 is 0 Å². The number of nitrogens with one attached hydrogen (secondary N) is 2. The molecule has 0 fully saturated rings. The Morgan fingerprint density at radius 1 is 0.658 bits per heavy atom. The molecule has 198 valence electrons. The molecule has 38 heavy (non-hydrogen) atoms. The molecule has 0 saturated carbocycles. The van der Waals surface area contributed by atoms with Gasteiger partial charge in [0.05, 0.1) is 13.0 Å². The van der Waals surface area contributed by atoms with E-state index in [1.165, 1.54) is 0 Å². The first-order chi connectivity index (χ1) is 18.4. The second kappa shape index (κ2) is 14.9. The summed E-state index contributed by atoms with van der Waals surface area (Å²) in [6.45, 7) is -0.337. The minimum Gasteiger partial charge on any atom is -0.461 e. The number of benzene rings is 3. The number of carbonyl (C=O) groups excluding carboxylic acids is 4. The average molecular weight is 518 g/mol. The molecule has 0 saturated heterocycles. The predicted molar refractivity (Wildman–Crippen MR) is 140 cm³/mol. The SMILES string of the molecule is NCC(=O)N[C@H](CC(=O)OCc1ccccc1)C(=O)N[C@@H](Cc1ccccc1)C(=O)OCc1ccccc1. The molecule has 0 spiro atoms. The third-order valence-electron chi connectivity index (χ3n) is 5.56. The Balaban J connectivity index is 1.69. The monoisotopic (exact) mass is 517 g/mol. The van der Waals surface area contributed by atoms with E-state index in [9.17, 15) is 19.2 Å². The molecule has 9 nitrogen and oxygen atoms in total. The van der Waals surface area contributed by atoms with Gasteiger partial charge in [0.1, 0.15) is 25.3 Å². The Kier molecular flexibility index (Phi) is 11.0. The number of nitrogens with two attached hydrogens (primary N) is 1. The molecule has 2 atom stereocenters. The van der Waals surface area contributed by atoms with Crippen LogP contribution in [0.1, 0.15) is 23.1 Å². The molecule has 0 unspecified atom stereocenters.